The first kappa shape index (κ1) is 32.9. The van der Waals surface area contributed by atoms with Gasteiger partial charge in [0.25, 0.3) is 0 Å². The smallest absolute Gasteiger partial charge is 0.327 e. The van der Waals surface area contributed by atoms with Crippen LogP contribution in [0.3, 0.4) is 0 Å². The van der Waals surface area contributed by atoms with Crippen LogP contribution >= 0.6 is 7.60 Å². The molecule has 39 heavy (non-hydrogen) atoms. The van der Waals surface area contributed by atoms with Crippen LogP contribution in [0.4, 0.5) is 0 Å². The fourth-order valence-electron chi connectivity index (χ4n) is 4.05. The Morgan fingerprint density at radius 2 is 1.51 bits per heavy atom. The highest BCUT2D eigenvalue weighted by atomic mass is 31.2. The van der Waals surface area contributed by atoms with Gasteiger partial charge < -0.3 is 19.5 Å². The number of carboxylic acid groups (broad SMARTS) is 1. The Morgan fingerprint density at radius 1 is 0.974 bits per heavy atom. The summed E-state index contributed by atoms with van der Waals surface area (Å²) in [5.74, 6) is -1.35. The van der Waals surface area contributed by atoms with Gasteiger partial charge >= 0.3 is 13.6 Å². The molecule has 0 aromatic heterocycles. The highest BCUT2D eigenvalue weighted by Gasteiger charge is 2.31. The highest BCUT2D eigenvalue weighted by Crippen LogP contribution is 2.47. The SMILES string of the molecule is C[C@H]([C@H](CCNC(=O)CCC(=O)O)OP(C)(=O)OCC[Si](C)(C)C)N(Cc1ccccc1)Cc1ccccc1. The summed E-state index contributed by atoms with van der Waals surface area (Å²) < 4.78 is 25.4. The van der Waals surface area contributed by atoms with E-state index < -0.39 is 27.7 Å². The molecule has 1 amide bonds. The molecule has 216 valence electrons. The number of hydrogen-bond donors (Lipinski definition) is 2. The molecule has 0 aliphatic heterocycles. The maximum absolute atomic E-state index is 13.4. The average molecular weight is 577 g/mol. The predicted octanol–water partition coefficient (Wildman–Crippen LogP) is 6.01. The van der Waals surface area contributed by atoms with E-state index in [2.05, 4.69) is 54.1 Å². The summed E-state index contributed by atoms with van der Waals surface area (Å²) in [6.45, 7) is 12.2. The van der Waals surface area contributed by atoms with Crippen LogP contribution in [-0.4, -0.2) is 61.9 Å². The molecule has 0 radical (unpaired) electrons. The molecule has 8 nitrogen and oxygen atoms in total. The van der Waals surface area contributed by atoms with Crippen molar-refractivity contribution in [1.82, 2.24) is 10.2 Å². The molecule has 0 saturated heterocycles. The van der Waals surface area contributed by atoms with Crippen molar-refractivity contribution in [2.24, 2.45) is 0 Å². The fourth-order valence-corrected chi connectivity index (χ4v) is 6.20. The molecular formula is C29H45N2O6PSi. The summed E-state index contributed by atoms with van der Waals surface area (Å²) >= 11 is 0. The minimum atomic E-state index is -3.38. The number of nitrogens with one attached hydrogen (secondary N) is 1. The third kappa shape index (κ3) is 14.1. The molecule has 0 bridgehead atoms. The van der Waals surface area contributed by atoms with E-state index in [1.54, 1.807) is 0 Å². The first-order chi connectivity index (χ1) is 18.3. The van der Waals surface area contributed by atoms with Crippen molar-refractivity contribution in [3.63, 3.8) is 0 Å². The van der Waals surface area contributed by atoms with Gasteiger partial charge in [-0.05, 0) is 30.5 Å². The molecule has 3 atom stereocenters. The van der Waals surface area contributed by atoms with Gasteiger partial charge in [-0.3, -0.25) is 19.1 Å². The van der Waals surface area contributed by atoms with Crippen molar-refractivity contribution in [3.05, 3.63) is 71.8 Å². The van der Waals surface area contributed by atoms with Gasteiger partial charge in [-0.15, -0.1) is 0 Å². The van der Waals surface area contributed by atoms with Gasteiger partial charge in [0.1, 0.15) is 0 Å². The van der Waals surface area contributed by atoms with Crippen molar-refractivity contribution in [2.75, 3.05) is 19.8 Å². The van der Waals surface area contributed by atoms with E-state index in [1.165, 1.54) is 6.66 Å². The second-order valence-corrected chi connectivity index (χ2v) is 18.8. The topological polar surface area (TPSA) is 105 Å². The summed E-state index contributed by atoms with van der Waals surface area (Å²) in [7, 11) is -4.75. The Balaban J connectivity index is 2.21. The Hall–Kier alpha value is -2.29. The van der Waals surface area contributed by atoms with Gasteiger partial charge in [-0.2, -0.15) is 0 Å². The van der Waals surface area contributed by atoms with Crippen molar-refractivity contribution in [2.45, 2.75) is 77.1 Å². The molecule has 0 fully saturated rings. The molecule has 2 N–H and O–H groups in total. The largest absolute Gasteiger partial charge is 0.481 e. The maximum Gasteiger partial charge on any atom is 0.327 e. The van der Waals surface area contributed by atoms with Crippen LogP contribution < -0.4 is 5.32 Å². The highest BCUT2D eigenvalue weighted by molar-refractivity contribution is 7.53. The van der Waals surface area contributed by atoms with E-state index in [-0.39, 0.29) is 31.3 Å². The molecule has 0 aliphatic carbocycles. The Bertz CT molecular complexity index is 1020. The Kier molecular flexibility index (Phi) is 13.6. The number of rotatable bonds is 18. The second-order valence-electron chi connectivity index (χ2n) is 11.2. The van der Waals surface area contributed by atoms with E-state index in [1.807, 2.05) is 43.3 Å². The lowest BCUT2D eigenvalue weighted by molar-refractivity contribution is -0.138. The fraction of sp³-hybridized carbons (Fsp3) is 0.517. The zero-order valence-electron chi connectivity index (χ0n) is 24.0. The lowest BCUT2D eigenvalue weighted by Crippen LogP contribution is -2.43. The summed E-state index contributed by atoms with van der Waals surface area (Å²) in [6, 6.07) is 21.0. The number of hydrogen-bond acceptors (Lipinski definition) is 6. The Morgan fingerprint density at radius 3 is 2.00 bits per heavy atom. The molecule has 2 aromatic carbocycles. The van der Waals surface area contributed by atoms with Gasteiger partial charge in [-0.25, -0.2) is 0 Å². The van der Waals surface area contributed by atoms with Crippen LogP contribution in [-0.2, 0) is 36.3 Å². The third-order valence-electron chi connectivity index (χ3n) is 6.39. The second kappa shape index (κ2) is 16.1. The van der Waals surface area contributed by atoms with Gasteiger partial charge in [0.2, 0.25) is 5.91 Å². The van der Waals surface area contributed by atoms with Crippen LogP contribution in [0.15, 0.2) is 60.7 Å². The van der Waals surface area contributed by atoms with Crippen LogP contribution in [0.25, 0.3) is 0 Å². The molecule has 0 saturated carbocycles. The molecule has 0 aliphatic rings. The van der Waals surface area contributed by atoms with E-state index in [0.29, 0.717) is 26.1 Å². The molecule has 10 heteroatoms. The molecule has 2 aromatic rings. The monoisotopic (exact) mass is 576 g/mol. The normalized spacial score (nSPS) is 14.9. The van der Waals surface area contributed by atoms with E-state index in [4.69, 9.17) is 14.2 Å². The van der Waals surface area contributed by atoms with E-state index in [0.717, 1.165) is 17.2 Å². The van der Waals surface area contributed by atoms with Gasteiger partial charge in [0.15, 0.2) is 0 Å². The van der Waals surface area contributed by atoms with Crippen LogP contribution in [0, 0.1) is 0 Å². The summed E-state index contributed by atoms with van der Waals surface area (Å²) in [6.07, 6.45) is -0.412. The zero-order chi connectivity index (χ0) is 28.9. The average Bonchev–Trinajstić information content (AvgIpc) is 2.86. The molecular weight excluding hydrogens is 531 g/mol. The van der Waals surface area contributed by atoms with Crippen LogP contribution in [0.2, 0.25) is 25.7 Å². The first-order valence-electron chi connectivity index (χ1n) is 13.6. The molecule has 2 rings (SSSR count). The van der Waals surface area contributed by atoms with Gasteiger partial charge in [0.05, 0.1) is 19.1 Å². The quantitative estimate of drug-likeness (QED) is 0.165. The van der Waals surface area contributed by atoms with E-state index in [9.17, 15) is 14.2 Å². The van der Waals surface area contributed by atoms with Crippen LogP contribution in [0.1, 0.15) is 37.3 Å². The minimum absolute atomic E-state index is 0.0867. The van der Waals surface area contributed by atoms with Gasteiger partial charge in [0, 0.05) is 46.8 Å². The standard InChI is InChI=1S/C29H45N2O6PSi/c1-24(31(22-25-12-8-6-9-13-25)23-26-14-10-7-11-15-26)27(18-19-30-28(32)16-17-29(33)34)37-38(2,35)36-20-21-39(3,4)5/h6-15,24,27H,16-23H2,1-5H3,(H,30,32)(H,33,34)/t24-,27+,38?/m1/s1. The van der Waals surface area contributed by atoms with Crippen molar-refractivity contribution >= 4 is 27.5 Å². The summed E-state index contributed by atoms with van der Waals surface area (Å²) in [5.41, 5.74) is 2.29. The van der Waals surface area contributed by atoms with Crippen molar-refractivity contribution in [1.29, 1.82) is 0 Å². The first-order valence-corrected chi connectivity index (χ1v) is 19.3. The number of benzene rings is 2. The number of carboxylic acids is 1. The number of amides is 1. The minimum Gasteiger partial charge on any atom is -0.481 e. The zero-order valence-corrected chi connectivity index (χ0v) is 25.9. The predicted molar refractivity (Wildman–Crippen MR) is 159 cm³/mol. The third-order valence-corrected chi connectivity index (χ3v) is 9.40. The van der Waals surface area contributed by atoms with Crippen molar-refractivity contribution in [3.8, 4) is 0 Å². The van der Waals surface area contributed by atoms with Crippen LogP contribution in [0.5, 0.6) is 0 Å². The number of carbonyl (C=O) groups excluding carboxylic acids is 1. The number of aliphatic carboxylic acids is 1. The summed E-state index contributed by atoms with van der Waals surface area (Å²) in [4.78, 5) is 25.2. The lowest BCUT2D eigenvalue weighted by Gasteiger charge is -2.36. The number of nitrogens with zero attached hydrogens (tertiary/aromatic N) is 1. The van der Waals surface area contributed by atoms with E-state index >= 15 is 0 Å². The lowest BCUT2D eigenvalue weighted by atomic mass is 10.0. The molecule has 0 heterocycles. The maximum atomic E-state index is 13.4. The Labute approximate surface area is 234 Å². The van der Waals surface area contributed by atoms with Crippen molar-refractivity contribution < 1.29 is 28.3 Å². The molecule has 1 unspecified atom stereocenters. The van der Waals surface area contributed by atoms with Gasteiger partial charge in [-0.1, -0.05) is 80.3 Å². The molecule has 0 spiro atoms. The number of carbonyl (C=O) groups is 2. The summed E-state index contributed by atoms with van der Waals surface area (Å²) in [5, 5.41) is 11.6.